The monoisotopic (exact) mass is 325 g/mol. The molecule has 0 atom stereocenters. The van der Waals surface area contributed by atoms with Crippen molar-refractivity contribution in [3.63, 3.8) is 0 Å². The molecule has 19 heavy (non-hydrogen) atoms. The van der Waals surface area contributed by atoms with Gasteiger partial charge in [-0.1, -0.05) is 6.92 Å². The van der Waals surface area contributed by atoms with Gasteiger partial charge in [0.2, 0.25) is 0 Å². The number of hydrogen-bond acceptors (Lipinski definition) is 6. The van der Waals surface area contributed by atoms with E-state index in [-0.39, 0.29) is 0 Å². The number of nitrogens with zero attached hydrogens (tertiary/aromatic N) is 5. The minimum absolute atomic E-state index is 0.518. The maximum Gasteiger partial charge on any atom is 0.169 e. The van der Waals surface area contributed by atoms with Crippen molar-refractivity contribution in [2.45, 2.75) is 19.9 Å². The molecule has 0 saturated carbocycles. The SMILES string of the molecule is CCCNc1ncnc(NCc2ncn(C)n2)c1Br. The Morgan fingerprint density at radius 3 is 2.58 bits per heavy atom. The fourth-order valence-corrected chi connectivity index (χ4v) is 1.97. The zero-order valence-electron chi connectivity index (χ0n) is 10.9. The van der Waals surface area contributed by atoms with Crippen molar-refractivity contribution in [3.8, 4) is 0 Å². The molecule has 0 aromatic carbocycles. The van der Waals surface area contributed by atoms with Gasteiger partial charge in [0.25, 0.3) is 0 Å². The second-order valence-electron chi connectivity index (χ2n) is 4.00. The molecule has 0 aliphatic heterocycles. The Morgan fingerprint density at radius 2 is 1.95 bits per heavy atom. The lowest BCUT2D eigenvalue weighted by Crippen LogP contribution is -2.08. The molecule has 2 N–H and O–H groups in total. The van der Waals surface area contributed by atoms with Crippen LogP contribution in [0.25, 0.3) is 0 Å². The first-order chi connectivity index (χ1) is 9.20. The van der Waals surface area contributed by atoms with Crippen LogP contribution in [-0.4, -0.2) is 31.3 Å². The Labute approximate surface area is 120 Å². The van der Waals surface area contributed by atoms with Gasteiger partial charge in [-0.15, -0.1) is 0 Å². The molecule has 2 aromatic rings. The zero-order valence-corrected chi connectivity index (χ0v) is 12.5. The van der Waals surface area contributed by atoms with E-state index in [4.69, 9.17) is 0 Å². The molecule has 8 heteroatoms. The van der Waals surface area contributed by atoms with E-state index in [1.54, 1.807) is 11.0 Å². The van der Waals surface area contributed by atoms with Crippen molar-refractivity contribution in [2.24, 2.45) is 7.05 Å². The van der Waals surface area contributed by atoms with Gasteiger partial charge in [0.05, 0.1) is 6.54 Å². The fraction of sp³-hybridized carbons (Fsp3) is 0.455. The van der Waals surface area contributed by atoms with E-state index in [1.807, 2.05) is 7.05 Å². The van der Waals surface area contributed by atoms with Gasteiger partial charge in [-0.2, -0.15) is 5.10 Å². The van der Waals surface area contributed by atoms with Crippen LogP contribution in [0.15, 0.2) is 17.1 Å². The maximum absolute atomic E-state index is 4.20. The van der Waals surface area contributed by atoms with E-state index in [0.717, 1.165) is 34.9 Å². The Bertz CT molecular complexity index is 540. The number of aromatic nitrogens is 5. The lowest BCUT2D eigenvalue weighted by Gasteiger charge is -2.10. The molecule has 102 valence electrons. The van der Waals surface area contributed by atoms with Crippen LogP contribution in [0.4, 0.5) is 11.6 Å². The summed E-state index contributed by atoms with van der Waals surface area (Å²) in [6.45, 7) is 3.49. The molecule has 7 nitrogen and oxygen atoms in total. The molecule has 0 amide bonds. The predicted octanol–water partition coefficient (Wildman–Crippen LogP) is 1.80. The topological polar surface area (TPSA) is 80.5 Å². The molecule has 0 radical (unpaired) electrons. The Hall–Kier alpha value is -1.70. The Morgan fingerprint density at radius 1 is 1.21 bits per heavy atom. The number of nitrogens with one attached hydrogen (secondary N) is 2. The Balaban J connectivity index is 2.03. The Kier molecular flexibility index (Phi) is 4.67. The van der Waals surface area contributed by atoms with Crippen LogP contribution >= 0.6 is 15.9 Å². The number of halogens is 1. The van der Waals surface area contributed by atoms with Gasteiger partial charge < -0.3 is 10.6 Å². The van der Waals surface area contributed by atoms with E-state index in [0.29, 0.717) is 6.54 Å². The summed E-state index contributed by atoms with van der Waals surface area (Å²) in [6.07, 6.45) is 4.23. The summed E-state index contributed by atoms with van der Waals surface area (Å²) >= 11 is 3.49. The highest BCUT2D eigenvalue weighted by molar-refractivity contribution is 9.10. The van der Waals surface area contributed by atoms with Crippen LogP contribution in [0.3, 0.4) is 0 Å². The average Bonchev–Trinajstić information content (AvgIpc) is 2.82. The van der Waals surface area contributed by atoms with Crippen LogP contribution in [0.1, 0.15) is 19.2 Å². The van der Waals surface area contributed by atoms with Gasteiger partial charge in [0.1, 0.15) is 28.8 Å². The minimum Gasteiger partial charge on any atom is -0.369 e. The first-order valence-corrected chi connectivity index (χ1v) is 6.82. The fourth-order valence-electron chi connectivity index (χ4n) is 1.49. The van der Waals surface area contributed by atoms with E-state index in [1.165, 1.54) is 6.33 Å². The van der Waals surface area contributed by atoms with Crippen molar-refractivity contribution in [2.75, 3.05) is 17.2 Å². The third-order valence-corrected chi connectivity index (χ3v) is 3.14. The van der Waals surface area contributed by atoms with Crippen LogP contribution in [0.5, 0.6) is 0 Å². The third kappa shape index (κ3) is 3.63. The van der Waals surface area contributed by atoms with E-state index in [9.17, 15) is 0 Å². The minimum atomic E-state index is 0.518. The summed E-state index contributed by atoms with van der Waals surface area (Å²) in [5.74, 6) is 2.23. The van der Waals surface area contributed by atoms with Crippen LogP contribution in [0.2, 0.25) is 0 Å². The zero-order chi connectivity index (χ0) is 13.7. The molecule has 0 bridgehead atoms. The molecule has 0 aliphatic carbocycles. The van der Waals surface area contributed by atoms with E-state index in [2.05, 4.69) is 53.5 Å². The third-order valence-electron chi connectivity index (χ3n) is 2.39. The van der Waals surface area contributed by atoms with Crippen molar-refractivity contribution in [3.05, 3.63) is 23.0 Å². The molecule has 2 heterocycles. The van der Waals surface area contributed by atoms with Gasteiger partial charge in [0.15, 0.2) is 5.82 Å². The highest BCUT2D eigenvalue weighted by Gasteiger charge is 2.08. The standard InChI is InChI=1S/C11H16BrN7/c1-3-4-13-10-9(12)11(16-6-15-10)14-5-8-17-7-19(2)18-8/h6-7H,3-5H2,1-2H3,(H2,13,14,15,16). The summed E-state index contributed by atoms with van der Waals surface area (Å²) in [6, 6.07) is 0. The normalized spacial score (nSPS) is 10.5. The van der Waals surface area contributed by atoms with Gasteiger partial charge in [-0.3, -0.25) is 4.68 Å². The summed E-state index contributed by atoms with van der Waals surface area (Å²) in [4.78, 5) is 12.5. The smallest absolute Gasteiger partial charge is 0.169 e. The molecule has 0 unspecified atom stereocenters. The van der Waals surface area contributed by atoms with Crippen LogP contribution in [-0.2, 0) is 13.6 Å². The lowest BCUT2D eigenvalue weighted by molar-refractivity contribution is 0.747. The van der Waals surface area contributed by atoms with Gasteiger partial charge in [-0.25, -0.2) is 15.0 Å². The van der Waals surface area contributed by atoms with Crippen molar-refractivity contribution < 1.29 is 0 Å². The average molecular weight is 326 g/mol. The van der Waals surface area contributed by atoms with Gasteiger partial charge in [-0.05, 0) is 22.4 Å². The van der Waals surface area contributed by atoms with Gasteiger partial charge >= 0.3 is 0 Å². The van der Waals surface area contributed by atoms with Crippen LogP contribution < -0.4 is 10.6 Å². The molecular formula is C11H16BrN7. The summed E-state index contributed by atoms with van der Waals surface area (Å²) in [5.41, 5.74) is 0. The summed E-state index contributed by atoms with van der Waals surface area (Å²) < 4.78 is 2.49. The van der Waals surface area contributed by atoms with Crippen molar-refractivity contribution >= 4 is 27.6 Å². The van der Waals surface area contributed by atoms with E-state index < -0.39 is 0 Å². The number of aryl methyl sites for hydroxylation is 1. The number of hydrogen-bond donors (Lipinski definition) is 2. The van der Waals surface area contributed by atoms with E-state index >= 15 is 0 Å². The number of anilines is 2. The first-order valence-electron chi connectivity index (χ1n) is 6.03. The second-order valence-corrected chi connectivity index (χ2v) is 4.79. The quantitative estimate of drug-likeness (QED) is 0.843. The number of rotatable bonds is 6. The largest absolute Gasteiger partial charge is 0.369 e. The van der Waals surface area contributed by atoms with Crippen molar-refractivity contribution in [1.29, 1.82) is 0 Å². The highest BCUT2D eigenvalue weighted by Crippen LogP contribution is 2.26. The molecule has 2 rings (SSSR count). The molecule has 0 aliphatic rings. The van der Waals surface area contributed by atoms with Crippen molar-refractivity contribution in [1.82, 2.24) is 24.7 Å². The molecular weight excluding hydrogens is 310 g/mol. The first kappa shape index (κ1) is 13.7. The molecule has 0 saturated heterocycles. The summed E-state index contributed by atoms with van der Waals surface area (Å²) in [7, 11) is 1.84. The maximum atomic E-state index is 4.20. The molecule has 2 aromatic heterocycles. The lowest BCUT2D eigenvalue weighted by atomic mass is 10.4. The highest BCUT2D eigenvalue weighted by atomic mass is 79.9. The second kappa shape index (κ2) is 6.46. The summed E-state index contributed by atoms with van der Waals surface area (Å²) in [5, 5.41) is 10.6. The molecule has 0 spiro atoms. The van der Waals surface area contributed by atoms with Gasteiger partial charge in [0, 0.05) is 13.6 Å². The van der Waals surface area contributed by atoms with Crippen LogP contribution in [0, 0.1) is 0 Å². The molecule has 0 fully saturated rings. The predicted molar refractivity (Wildman–Crippen MR) is 76.8 cm³/mol.